The Kier molecular flexibility index (Phi) is 7.40. The van der Waals surface area contributed by atoms with Gasteiger partial charge in [0, 0.05) is 18.2 Å². The first kappa shape index (κ1) is 17.3. The Morgan fingerprint density at radius 1 is 1.35 bits per heavy atom. The second kappa shape index (κ2) is 8.54. The van der Waals surface area contributed by atoms with Gasteiger partial charge in [0.25, 0.3) is 0 Å². The van der Waals surface area contributed by atoms with Crippen LogP contribution in [0.15, 0.2) is 15.5 Å². The summed E-state index contributed by atoms with van der Waals surface area (Å²) >= 11 is 0. The van der Waals surface area contributed by atoms with E-state index in [1.54, 1.807) is 0 Å². The molecule has 0 radical (unpaired) electrons. The van der Waals surface area contributed by atoms with E-state index in [1.807, 2.05) is 13.8 Å². The summed E-state index contributed by atoms with van der Waals surface area (Å²) in [6, 6.07) is 2.66. The lowest BCUT2D eigenvalue weighted by molar-refractivity contribution is 0.501. The van der Waals surface area contributed by atoms with Gasteiger partial charge in [-0.25, -0.2) is 4.99 Å². The molecule has 5 heteroatoms. The van der Waals surface area contributed by atoms with Gasteiger partial charge in [0.1, 0.15) is 11.5 Å². The first-order valence-electron chi connectivity index (χ1n) is 7.29. The van der Waals surface area contributed by atoms with Gasteiger partial charge < -0.3 is 15.1 Å². The van der Waals surface area contributed by atoms with Crippen LogP contribution in [0.3, 0.4) is 0 Å². The number of rotatable bonds is 4. The summed E-state index contributed by atoms with van der Waals surface area (Å²) in [5.41, 5.74) is 1.17. The van der Waals surface area contributed by atoms with Crippen LogP contribution >= 0.6 is 24.0 Å². The van der Waals surface area contributed by atoms with Crippen LogP contribution in [0.25, 0.3) is 0 Å². The molecule has 1 aliphatic rings. The van der Waals surface area contributed by atoms with Crippen molar-refractivity contribution in [3.05, 3.63) is 23.2 Å². The molecule has 2 N–H and O–H groups in total. The zero-order valence-electron chi connectivity index (χ0n) is 12.7. The Hall–Kier alpha value is -0.720. The lowest BCUT2D eigenvalue weighted by atomic mass is 10.2. The maximum absolute atomic E-state index is 5.53. The van der Waals surface area contributed by atoms with E-state index in [1.165, 1.54) is 31.2 Å². The van der Waals surface area contributed by atoms with Crippen LogP contribution in [0.2, 0.25) is 0 Å². The SMILES string of the molecule is CCNC(=NCc1cc(C)oc1C)NC1CCCC1.I. The highest BCUT2D eigenvalue weighted by Gasteiger charge is 2.15. The van der Waals surface area contributed by atoms with Gasteiger partial charge in [-0.1, -0.05) is 12.8 Å². The Morgan fingerprint density at radius 2 is 2.05 bits per heavy atom. The molecule has 0 aliphatic heterocycles. The van der Waals surface area contributed by atoms with Crippen molar-refractivity contribution < 1.29 is 4.42 Å². The van der Waals surface area contributed by atoms with Gasteiger partial charge in [-0.2, -0.15) is 0 Å². The molecule has 1 saturated carbocycles. The van der Waals surface area contributed by atoms with Crippen LogP contribution in [-0.4, -0.2) is 18.5 Å². The maximum atomic E-state index is 5.53. The number of nitrogens with one attached hydrogen (secondary N) is 2. The molecule has 2 rings (SSSR count). The zero-order valence-corrected chi connectivity index (χ0v) is 15.0. The number of aryl methyl sites for hydroxylation is 2. The third-order valence-electron chi connectivity index (χ3n) is 3.59. The molecule has 1 aliphatic carbocycles. The second-order valence-electron chi connectivity index (χ2n) is 5.26. The summed E-state index contributed by atoms with van der Waals surface area (Å²) in [6.45, 7) is 7.63. The Bertz CT molecular complexity index is 436. The molecule has 0 bridgehead atoms. The number of halogens is 1. The molecule has 1 aromatic rings. The number of hydrogen-bond donors (Lipinski definition) is 2. The van der Waals surface area contributed by atoms with E-state index < -0.39 is 0 Å². The molecular formula is C15H26IN3O. The number of guanidine groups is 1. The van der Waals surface area contributed by atoms with Crippen LogP contribution < -0.4 is 10.6 Å². The van der Waals surface area contributed by atoms with E-state index in [9.17, 15) is 0 Å². The predicted octanol–water partition coefficient (Wildman–Crippen LogP) is 3.51. The van der Waals surface area contributed by atoms with E-state index >= 15 is 0 Å². The monoisotopic (exact) mass is 391 g/mol. The average molecular weight is 391 g/mol. The van der Waals surface area contributed by atoms with E-state index in [0.717, 1.165) is 24.0 Å². The third kappa shape index (κ3) is 5.00. The minimum atomic E-state index is 0. The van der Waals surface area contributed by atoms with Crippen LogP contribution in [0.4, 0.5) is 0 Å². The largest absolute Gasteiger partial charge is 0.466 e. The third-order valence-corrected chi connectivity index (χ3v) is 3.59. The van der Waals surface area contributed by atoms with Gasteiger partial charge in [-0.05, 0) is 39.7 Å². The molecule has 0 unspecified atom stereocenters. The van der Waals surface area contributed by atoms with Crippen LogP contribution in [0, 0.1) is 13.8 Å². The molecule has 4 nitrogen and oxygen atoms in total. The van der Waals surface area contributed by atoms with E-state index in [-0.39, 0.29) is 24.0 Å². The smallest absolute Gasteiger partial charge is 0.191 e. The molecule has 1 heterocycles. The molecule has 20 heavy (non-hydrogen) atoms. The Balaban J connectivity index is 0.00000200. The number of hydrogen-bond acceptors (Lipinski definition) is 2. The lowest BCUT2D eigenvalue weighted by Crippen LogP contribution is -2.42. The fraction of sp³-hybridized carbons (Fsp3) is 0.667. The van der Waals surface area contributed by atoms with E-state index in [2.05, 4.69) is 28.6 Å². The maximum Gasteiger partial charge on any atom is 0.191 e. The van der Waals surface area contributed by atoms with Gasteiger partial charge >= 0.3 is 0 Å². The molecule has 1 aromatic heterocycles. The molecule has 0 spiro atoms. The fourth-order valence-corrected chi connectivity index (χ4v) is 2.59. The average Bonchev–Trinajstić information content (AvgIpc) is 2.97. The minimum absolute atomic E-state index is 0. The molecule has 0 aromatic carbocycles. The van der Waals surface area contributed by atoms with Gasteiger partial charge in [0.05, 0.1) is 6.54 Å². The van der Waals surface area contributed by atoms with E-state index in [4.69, 9.17) is 4.42 Å². The van der Waals surface area contributed by atoms with Crippen molar-refractivity contribution in [2.45, 2.75) is 59.0 Å². The molecule has 1 fully saturated rings. The Morgan fingerprint density at radius 3 is 2.60 bits per heavy atom. The van der Waals surface area contributed by atoms with Crippen molar-refractivity contribution in [1.29, 1.82) is 0 Å². The fourth-order valence-electron chi connectivity index (χ4n) is 2.59. The molecule has 0 saturated heterocycles. The summed E-state index contributed by atoms with van der Waals surface area (Å²) in [5, 5.41) is 6.84. The highest BCUT2D eigenvalue weighted by molar-refractivity contribution is 14.0. The number of nitrogens with zero attached hydrogens (tertiary/aromatic N) is 1. The molecule has 0 amide bonds. The van der Waals surface area contributed by atoms with Gasteiger partial charge in [-0.15, -0.1) is 24.0 Å². The summed E-state index contributed by atoms with van der Waals surface area (Å²) in [7, 11) is 0. The summed E-state index contributed by atoms with van der Waals surface area (Å²) in [4.78, 5) is 4.66. The predicted molar refractivity (Wildman–Crippen MR) is 93.8 cm³/mol. The van der Waals surface area contributed by atoms with Crippen molar-refractivity contribution in [2.24, 2.45) is 4.99 Å². The van der Waals surface area contributed by atoms with Crippen molar-refractivity contribution >= 4 is 29.9 Å². The first-order chi connectivity index (χ1) is 9.19. The summed E-state index contributed by atoms with van der Waals surface area (Å²) in [6.07, 6.45) is 5.18. The second-order valence-corrected chi connectivity index (χ2v) is 5.26. The Labute approximate surface area is 138 Å². The van der Waals surface area contributed by atoms with Crippen molar-refractivity contribution in [3.63, 3.8) is 0 Å². The summed E-state index contributed by atoms with van der Waals surface area (Å²) in [5.74, 6) is 2.85. The van der Waals surface area contributed by atoms with Gasteiger partial charge in [0.2, 0.25) is 0 Å². The lowest BCUT2D eigenvalue weighted by Gasteiger charge is -2.16. The van der Waals surface area contributed by atoms with Crippen LogP contribution in [0.1, 0.15) is 49.7 Å². The van der Waals surface area contributed by atoms with Gasteiger partial charge in [0.15, 0.2) is 5.96 Å². The normalized spacial score (nSPS) is 16.1. The number of aliphatic imine (C=N–C) groups is 1. The van der Waals surface area contributed by atoms with Crippen LogP contribution in [-0.2, 0) is 6.54 Å². The minimum Gasteiger partial charge on any atom is -0.466 e. The highest BCUT2D eigenvalue weighted by atomic mass is 127. The highest BCUT2D eigenvalue weighted by Crippen LogP contribution is 2.18. The zero-order chi connectivity index (χ0) is 13.7. The topological polar surface area (TPSA) is 49.6 Å². The van der Waals surface area contributed by atoms with Gasteiger partial charge in [-0.3, -0.25) is 0 Å². The molecule has 114 valence electrons. The van der Waals surface area contributed by atoms with Crippen molar-refractivity contribution in [1.82, 2.24) is 10.6 Å². The van der Waals surface area contributed by atoms with E-state index in [0.29, 0.717) is 12.6 Å². The number of furan rings is 1. The van der Waals surface area contributed by atoms with Crippen molar-refractivity contribution in [3.8, 4) is 0 Å². The standard InChI is InChI=1S/C15H25N3O.HI/c1-4-16-15(18-14-7-5-6-8-14)17-10-13-9-11(2)19-12(13)3;/h9,14H,4-8,10H2,1-3H3,(H2,16,17,18);1H. The molecule has 0 atom stereocenters. The quantitative estimate of drug-likeness (QED) is 0.469. The van der Waals surface area contributed by atoms with Crippen molar-refractivity contribution in [2.75, 3.05) is 6.54 Å². The van der Waals surface area contributed by atoms with Crippen LogP contribution in [0.5, 0.6) is 0 Å². The molecular weight excluding hydrogens is 365 g/mol. The summed E-state index contributed by atoms with van der Waals surface area (Å²) < 4.78 is 5.53. The first-order valence-corrected chi connectivity index (χ1v) is 7.29.